The van der Waals surface area contributed by atoms with Crippen LogP contribution in [-0.2, 0) is 0 Å². The lowest BCUT2D eigenvalue weighted by Gasteiger charge is -2.52. The Labute approximate surface area is 200 Å². The summed E-state index contributed by atoms with van der Waals surface area (Å²) in [6.45, 7) is 8.30. The van der Waals surface area contributed by atoms with E-state index in [-0.39, 0.29) is 5.84 Å². The van der Waals surface area contributed by atoms with Gasteiger partial charge in [0.2, 0.25) is 0 Å². The average molecular weight is 468 g/mol. The molecule has 0 unspecified atom stereocenters. The Morgan fingerprint density at radius 2 is 1.62 bits per heavy atom. The normalized spacial score (nSPS) is 28.3. The van der Waals surface area contributed by atoms with Crippen LogP contribution < -0.4 is 11.1 Å². The summed E-state index contributed by atoms with van der Waals surface area (Å²) in [6.07, 6.45) is 4.18. The lowest BCUT2D eigenvalue weighted by atomic mass is 9.55. The minimum absolute atomic E-state index is 0.266. The summed E-state index contributed by atoms with van der Waals surface area (Å²) in [5.74, 6) is 2.00. The van der Waals surface area contributed by atoms with Gasteiger partial charge < -0.3 is 11.1 Å². The number of fused-ring (bicyclic) bond motifs is 1. The van der Waals surface area contributed by atoms with Crippen LogP contribution >= 0.6 is 23.5 Å². The van der Waals surface area contributed by atoms with Crippen LogP contribution in [0.15, 0.2) is 46.6 Å². The summed E-state index contributed by atoms with van der Waals surface area (Å²) < 4.78 is -0.855. The van der Waals surface area contributed by atoms with Gasteiger partial charge in [0.1, 0.15) is 5.84 Å². The minimum atomic E-state index is -1.30. The maximum absolute atomic E-state index is 10.9. The number of nitriles is 2. The summed E-state index contributed by atoms with van der Waals surface area (Å²) in [5.41, 5.74) is 6.95. The Morgan fingerprint density at radius 3 is 2.12 bits per heavy atom. The maximum atomic E-state index is 10.9. The van der Waals surface area contributed by atoms with E-state index in [9.17, 15) is 10.5 Å². The van der Waals surface area contributed by atoms with Crippen molar-refractivity contribution in [3.05, 3.63) is 47.2 Å². The van der Waals surface area contributed by atoms with E-state index in [0.29, 0.717) is 0 Å². The quantitative estimate of drug-likeness (QED) is 0.355. The molecule has 1 aromatic carbocycles. The Hall–Kier alpha value is -2.09. The first-order valence-corrected chi connectivity index (χ1v) is 13.3. The van der Waals surface area contributed by atoms with Gasteiger partial charge in [0.15, 0.2) is 15.0 Å². The Balaban J connectivity index is 2.30. The summed E-state index contributed by atoms with van der Waals surface area (Å²) >= 11 is 3.39. The molecule has 1 aromatic rings. The van der Waals surface area contributed by atoms with Crippen LogP contribution in [0.1, 0.15) is 65.0 Å². The predicted molar refractivity (Wildman–Crippen MR) is 136 cm³/mol. The van der Waals surface area contributed by atoms with E-state index in [1.54, 1.807) is 23.5 Å². The van der Waals surface area contributed by atoms with Crippen LogP contribution in [0.5, 0.6) is 0 Å². The van der Waals surface area contributed by atoms with Crippen molar-refractivity contribution in [3.63, 3.8) is 0 Å². The molecule has 0 radical (unpaired) electrons. The molecule has 3 atom stereocenters. The molecule has 32 heavy (non-hydrogen) atoms. The fraction of sp³-hybridized carbons (Fsp3) is 0.560. The van der Waals surface area contributed by atoms with Crippen molar-refractivity contribution < 1.29 is 0 Å². The van der Waals surface area contributed by atoms with Crippen molar-refractivity contribution in [2.45, 2.75) is 63.6 Å². The highest BCUT2D eigenvalue weighted by atomic mass is 32.2. The molecule has 7 heteroatoms. The second-order valence-electron chi connectivity index (χ2n) is 8.50. The first-order chi connectivity index (χ1) is 15.4. The van der Waals surface area contributed by atoms with Crippen molar-refractivity contribution in [1.82, 2.24) is 5.32 Å². The highest BCUT2D eigenvalue weighted by Crippen LogP contribution is 2.71. The van der Waals surface area contributed by atoms with E-state index in [0.717, 1.165) is 54.0 Å². The van der Waals surface area contributed by atoms with E-state index in [4.69, 9.17) is 10.7 Å². The summed E-state index contributed by atoms with van der Waals surface area (Å²) in [5, 5.41) is 25.3. The molecule has 0 saturated carbocycles. The monoisotopic (exact) mass is 467 g/mol. The fourth-order valence-corrected chi connectivity index (χ4v) is 8.57. The molecule has 5 nitrogen and oxygen atoms in total. The third-order valence-electron chi connectivity index (χ3n) is 6.72. The molecule has 0 spiro atoms. The zero-order valence-electron chi connectivity index (χ0n) is 19.4. The molecule has 0 fully saturated rings. The van der Waals surface area contributed by atoms with Crippen LogP contribution in [0.4, 0.5) is 0 Å². The van der Waals surface area contributed by atoms with Crippen LogP contribution in [0.3, 0.4) is 0 Å². The van der Waals surface area contributed by atoms with Gasteiger partial charge in [-0.2, -0.15) is 10.5 Å². The lowest BCUT2D eigenvalue weighted by Crippen LogP contribution is -2.61. The predicted octanol–water partition coefficient (Wildman–Crippen LogP) is 5.74. The third-order valence-corrected chi connectivity index (χ3v) is 9.99. The number of unbranched alkanes of at least 4 members (excludes halogenated alkanes) is 2. The topological polar surface area (TPSA) is 98.0 Å². The number of hydrogen-bond acceptors (Lipinski definition) is 7. The van der Waals surface area contributed by atoms with Crippen molar-refractivity contribution in [2.24, 2.45) is 21.6 Å². The van der Waals surface area contributed by atoms with Gasteiger partial charge in [-0.05, 0) is 49.3 Å². The number of nitrogens with one attached hydrogen (secondary N) is 1. The summed E-state index contributed by atoms with van der Waals surface area (Å²) in [7, 11) is 0. The molecule has 170 valence electrons. The van der Waals surface area contributed by atoms with E-state index < -0.39 is 21.1 Å². The van der Waals surface area contributed by atoms with Gasteiger partial charge in [-0.15, -0.1) is 23.5 Å². The molecule has 0 aliphatic carbocycles. The fourth-order valence-electron chi connectivity index (χ4n) is 4.84. The number of nitrogens with two attached hydrogens (primary N) is 1. The number of benzene rings is 1. The molecular formula is C25H33N5S2. The largest absolute Gasteiger partial charge is 0.386 e. The molecule has 2 aliphatic heterocycles. The highest BCUT2D eigenvalue weighted by molar-refractivity contribution is 8.18. The number of amidine groups is 1. The second kappa shape index (κ2) is 9.81. The van der Waals surface area contributed by atoms with Crippen molar-refractivity contribution in [1.29, 1.82) is 10.5 Å². The average Bonchev–Trinajstić information content (AvgIpc) is 3.03. The van der Waals surface area contributed by atoms with Crippen LogP contribution in [0, 0.1) is 33.5 Å². The van der Waals surface area contributed by atoms with Gasteiger partial charge in [0.05, 0.1) is 18.2 Å². The maximum Gasteiger partial charge on any atom is 0.178 e. The van der Waals surface area contributed by atoms with Gasteiger partial charge in [-0.25, -0.2) is 4.99 Å². The van der Waals surface area contributed by atoms with Gasteiger partial charge in [-0.3, -0.25) is 0 Å². The molecule has 0 bridgehead atoms. The molecular weight excluding hydrogens is 434 g/mol. The second-order valence-corrected chi connectivity index (χ2v) is 11.3. The third kappa shape index (κ3) is 3.42. The molecule has 0 saturated heterocycles. The molecule has 2 heterocycles. The van der Waals surface area contributed by atoms with E-state index in [1.807, 2.05) is 44.2 Å². The molecule has 2 aliphatic rings. The number of rotatable bonds is 9. The van der Waals surface area contributed by atoms with Gasteiger partial charge in [-0.1, -0.05) is 57.0 Å². The van der Waals surface area contributed by atoms with Crippen molar-refractivity contribution >= 4 is 29.4 Å². The Morgan fingerprint density at radius 1 is 1.03 bits per heavy atom. The molecule has 0 aromatic heterocycles. The first kappa shape index (κ1) is 24.6. The minimum Gasteiger partial charge on any atom is -0.386 e. The smallest absolute Gasteiger partial charge is 0.178 e. The lowest BCUT2D eigenvalue weighted by molar-refractivity contribution is 0.200. The Kier molecular flexibility index (Phi) is 7.53. The molecule has 3 rings (SSSR count). The zero-order chi connectivity index (χ0) is 23.4. The van der Waals surface area contributed by atoms with Crippen LogP contribution in [0.2, 0.25) is 0 Å². The number of allylic oxidation sites excluding steroid dienone is 1. The highest BCUT2D eigenvalue weighted by Gasteiger charge is 2.76. The number of nitrogens with zero attached hydrogens (tertiary/aromatic N) is 3. The summed E-state index contributed by atoms with van der Waals surface area (Å²) in [6, 6.07) is 14.6. The van der Waals surface area contributed by atoms with Gasteiger partial charge in [0.25, 0.3) is 0 Å². The Bertz CT molecular complexity index is 964. The van der Waals surface area contributed by atoms with Crippen LogP contribution in [-0.4, -0.2) is 21.5 Å². The number of thioether (sulfide) groups is 2. The van der Waals surface area contributed by atoms with Crippen molar-refractivity contribution in [3.8, 4) is 12.1 Å². The van der Waals surface area contributed by atoms with Crippen LogP contribution in [0.25, 0.3) is 0 Å². The summed E-state index contributed by atoms with van der Waals surface area (Å²) in [4.78, 5) is 5.06. The van der Waals surface area contributed by atoms with Crippen molar-refractivity contribution in [2.75, 3.05) is 11.5 Å². The molecule has 0 amide bonds. The van der Waals surface area contributed by atoms with E-state index >= 15 is 0 Å². The first-order valence-electron chi connectivity index (χ1n) is 11.4. The SMILES string of the molecule is CCCCSC1(SCCCC)N=C(N)[C@@]2(C#N)[C@@H](c3ccccc3)NC(C)=C(C)[C@]12C#N. The zero-order valence-corrected chi connectivity index (χ0v) is 21.1. The molecule has 3 N–H and O–H groups in total. The van der Waals surface area contributed by atoms with E-state index in [1.165, 1.54) is 0 Å². The van der Waals surface area contributed by atoms with Gasteiger partial charge >= 0.3 is 0 Å². The van der Waals surface area contributed by atoms with E-state index in [2.05, 4.69) is 31.3 Å². The number of hydrogen-bond donors (Lipinski definition) is 2. The van der Waals surface area contributed by atoms with Gasteiger partial charge in [0, 0.05) is 5.70 Å². The number of aliphatic imine (C=N–C) groups is 1. The standard InChI is InChI=1S/C25H33N5S2/c1-5-7-14-31-25(32-15-8-6-2)24(17-27)18(3)19(4)29-21(20-12-10-9-11-13-20)23(24,16-26)22(28)30-25/h9-13,21,29H,5-8,14-15H2,1-4H3,(H2,28,30)/t21-,23-,24+/m1/s1.